The van der Waals surface area contributed by atoms with Gasteiger partial charge in [0.1, 0.15) is 11.6 Å². The van der Waals surface area contributed by atoms with E-state index in [-0.39, 0.29) is 36.4 Å². The summed E-state index contributed by atoms with van der Waals surface area (Å²) in [5.74, 6) is 5.56. The number of unbranched alkanes of at least 4 members (excludes halogenated alkanes) is 3. The van der Waals surface area contributed by atoms with Crippen molar-refractivity contribution in [2.24, 2.45) is 5.73 Å². The fourth-order valence-electron chi connectivity index (χ4n) is 5.69. The zero-order valence-electron chi connectivity index (χ0n) is 24.0. The third-order valence-electron chi connectivity index (χ3n) is 7.82. The molecule has 2 fully saturated rings. The quantitative estimate of drug-likeness (QED) is 0.302. The summed E-state index contributed by atoms with van der Waals surface area (Å²) in [5, 5.41) is 2.34. The van der Waals surface area contributed by atoms with E-state index in [1.807, 2.05) is 37.8 Å². The van der Waals surface area contributed by atoms with Crippen molar-refractivity contribution < 1.29 is 23.9 Å². The van der Waals surface area contributed by atoms with Crippen molar-refractivity contribution in [1.82, 2.24) is 15.1 Å². The molecule has 1 aromatic carbocycles. The standard InChI is InChI=1S/C31H42N4O5/c1-31(2,3)40-30(39)34(23-15-13-22(32)14-16-23)19-8-6-4-5-7-10-21-11-9-12-24-25(21)20-35(29(24)38)26-17-18-27(36)33-28(26)37/h9,11-12,22-23,26H,4-6,8,13-20,32H2,1-3H3,(H,33,36,37)/t22-,23+,26?. The molecule has 2 heterocycles. The van der Waals surface area contributed by atoms with Gasteiger partial charge in [-0.15, -0.1) is 0 Å². The van der Waals surface area contributed by atoms with Crippen LogP contribution >= 0.6 is 0 Å². The van der Waals surface area contributed by atoms with Gasteiger partial charge in [0, 0.05) is 49.1 Å². The first kappa shape index (κ1) is 29.6. The summed E-state index contributed by atoms with van der Waals surface area (Å²) in [5.41, 5.74) is 7.76. The number of hydrogen-bond acceptors (Lipinski definition) is 6. The van der Waals surface area contributed by atoms with E-state index in [0.29, 0.717) is 31.5 Å². The van der Waals surface area contributed by atoms with Crippen LogP contribution in [0.25, 0.3) is 0 Å². The van der Waals surface area contributed by atoms with Crippen LogP contribution in [0, 0.1) is 11.8 Å². The SMILES string of the molecule is CC(C)(C)OC(=O)N(CCCCCC#Cc1cccc2c1CN(C1CCC(=O)NC1=O)C2=O)[C@H]1CC[C@@H](N)CC1. The Kier molecular flexibility index (Phi) is 9.52. The zero-order valence-corrected chi connectivity index (χ0v) is 24.0. The molecule has 4 rings (SSSR count). The monoisotopic (exact) mass is 550 g/mol. The van der Waals surface area contributed by atoms with Gasteiger partial charge in [-0.05, 0) is 83.4 Å². The predicted octanol–water partition coefficient (Wildman–Crippen LogP) is 3.87. The summed E-state index contributed by atoms with van der Waals surface area (Å²) in [4.78, 5) is 53.2. The summed E-state index contributed by atoms with van der Waals surface area (Å²) in [6, 6.07) is 5.26. The second kappa shape index (κ2) is 12.9. The highest BCUT2D eigenvalue weighted by atomic mass is 16.6. The zero-order chi connectivity index (χ0) is 28.9. The van der Waals surface area contributed by atoms with Crippen LogP contribution in [0.2, 0.25) is 0 Å². The molecule has 0 radical (unpaired) electrons. The smallest absolute Gasteiger partial charge is 0.410 e. The summed E-state index contributed by atoms with van der Waals surface area (Å²) < 4.78 is 5.69. The largest absolute Gasteiger partial charge is 0.444 e. The maximum absolute atomic E-state index is 13.0. The Labute approximate surface area is 237 Å². The van der Waals surface area contributed by atoms with E-state index in [9.17, 15) is 19.2 Å². The number of fused-ring (bicyclic) bond motifs is 1. The molecule has 2 aliphatic heterocycles. The van der Waals surface area contributed by atoms with Gasteiger partial charge in [-0.2, -0.15) is 0 Å². The van der Waals surface area contributed by atoms with E-state index < -0.39 is 17.6 Å². The number of rotatable bonds is 7. The number of nitrogens with two attached hydrogens (primary N) is 1. The van der Waals surface area contributed by atoms with Gasteiger partial charge in [-0.1, -0.05) is 24.3 Å². The van der Waals surface area contributed by atoms with Crippen LogP contribution in [0.1, 0.15) is 106 Å². The van der Waals surface area contributed by atoms with Crippen LogP contribution in [0.3, 0.4) is 0 Å². The van der Waals surface area contributed by atoms with E-state index in [1.54, 1.807) is 11.0 Å². The van der Waals surface area contributed by atoms with Gasteiger partial charge in [-0.3, -0.25) is 19.7 Å². The van der Waals surface area contributed by atoms with Crippen molar-refractivity contribution >= 4 is 23.8 Å². The average Bonchev–Trinajstić information content (AvgIpc) is 3.22. The highest BCUT2D eigenvalue weighted by Gasteiger charge is 2.39. The average molecular weight is 551 g/mol. The van der Waals surface area contributed by atoms with Crippen molar-refractivity contribution in [2.75, 3.05) is 6.54 Å². The number of benzene rings is 1. The Morgan fingerprint density at radius 3 is 2.55 bits per heavy atom. The molecule has 1 saturated heterocycles. The molecule has 1 atom stereocenters. The molecule has 1 saturated carbocycles. The molecular formula is C31H42N4O5. The molecule has 4 amide bonds. The first-order valence-corrected chi connectivity index (χ1v) is 14.5. The maximum atomic E-state index is 13.0. The fraction of sp³-hybridized carbons (Fsp3) is 0.613. The van der Waals surface area contributed by atoms with Crippen LogP contribution in [0.4, 0.5) is 4.79 Å². The molecular weight excluding hydrogens is 508 g/mol. The topological polar surface area (TPSA) is 122 Å². The molecule has 1 aliphatic carbocycles. The van der Waals surface area contributed by atoms with Crippen LogP contribution in [0.5, 0.6) is 0 Å². The first-order chi connectivity index (χ1) is 19.0. The summed E-state index contributed by atoms with van der Waals surface area (Å²) in [7, 11) is 0. The molecule has 9 heteroatoms. The first-order valence-electron chi connectivity index (χ1n) is 14.5. The number of nitrogens with zero attached hydrogens (tertiary/aromatic N) is 2. The minimum Gasteiger partial charge on any atom is -0.444 e. The van der Waals surface area contributed by atoms with Gasteiger partial charge in [0.2, 0.25) is 11.8 Å². The van der Waals surface area contributed by atoms with Crippen LogP contribution < -0.4 is 11.1 Å². The number of hydrogen-bond donors (Lipinski definition) is 2. The molecule has 0 aromatic heterocycles. The van der Waals surface area contributed by atoms with E-state index in [1.165, 1.54) is 0 Å². The van der Waals surface area contributed by atoms with Crippen LogP contribution in [0.15, 0.2) is 18.2 Å². The number of piperidine rings is 1. The minimum atomic E-state index is -0.635. The van der Waals surface area contributed by atoms with E-state index in [4.69, 9.17) is 10.5 Å². The van der Waals surface area contributed by atoms with Gasteiger partial charge in [0.25, 0.3) is 5.91 Å². The second-order valence-electron chi connectivity index (χ2n) is 12.1. The number of carbonyl (C=O) groups is 4. The number of carbonyl (C=O) groups excluding carboxylic acids is 4. The van der Waals surface area contributed by atoms with E-state index in [0.717, 1.165) is 56.1 Å². The third kappa shape index (κ3) is 7.42. The Morgan fingerprint density at radius 2 is 1.85 bits per heavy atom. The Hall–Kier alpha value is -3.38. The third-order valence-corrected chi connectivity index (χ3v) is 7.82. The van der Waals surface area contributed by atoms with Gasteiger partial charge in [0.15, 0.2) is 0 Å². The lowest BCUT2D eigenvalue weighted by Gasteiger charge is -2.37. The van der Waals surface area contributed by atoms with Crippen molar-refractivity contribution in [3.8, 4) is 11.8 Å². The Morgan fingerprint density at radius 1 is 1.10 bits per heavy atom. The fourth-order valence-corrected chi connectivity index (χ4v) is 5.69. The van der Waals surface area contributed by atoms with Gasteiger partial charge in [0.05, 0.1) is 0 Å². The Balaban J connectivity index is 1.28. The molecule has 40 heavy (non-hydrogen) atoms. The molecule has 0 bridgehead atoms. The molecule has 216 valence electrons. The van der Waals surface area contributed by atoms with Crippen molar-refractivity contribution in [3.05, 3.63) is 34.9 Å². The molecule has 0 spiro atoms. The molecule has 3 aliphatic rings. The number of amides is 4. The number of nitrogens with one attached hydrogen (secondary N) is 1. The number of imide groups is 1. The summed E-state index contributed by atoms with van der Waals surface area (Å²) in [6.07, 6.45) is 7.44. The highest BCUT2D eigenvalue weighted by molar-refractivity contribution is 6.05. The van der Waals surface area contributed by atoms with Crippen molar-refractivity contribution in [2.45, 2.75) is 115 Å². The van der Waals surface area contributed by atoms with Crippen LogP contribution in [-0.2, 0) is 20.9 Å². The maximum Gasteiger partial charge on any atom is 0.410 e. The van der Waals surface area contributed by atoms with Crippen LogP contribution in [-0.4, -0.2) is 63.9 Å². The summed E-state index contributed by atoms with van der Waals surface area (Å²) in [6.45, 7) is 6.65. The minimum absolute atomic E-state index is 0.178. The summed E-state index contributed by atoms with van der Waals surface area (Å²) >= 11 is 0. The number of ether oxygens (including phenoxy) is 1. The van der Waals surface area contributed by atoms with E-state index >= 15 is 0 Å². The lowest BCUT2D eigenvalue weighted by atomic mass is 9.90. The molecule has 3 N–H and O–H groups in total. The van der Waals surface area contributed by atoms with Gasteiger partial charge < -0.3 is 20.3 Å². The highest BCUT2D eigenvalue weighted by Crippen LogP contribution is 2.29. The molecule has 1 aromatic rings. The lowest BCUT2D eigenvalue weighted by Crippen LogP contribution is -2.52. The van der Waals surface area contributed by atoms with E-state index in [2.05, 4.69) is 17.2 Å². The van der Waals surface area contributed by atoms with Crippen molar-refractivity contribution in [3.63, 3.8) is 0 Å². The molecule has 9 nitrogen and oxygen atoms in total. The second-order valence-corrected chi connectivity index (χ2v) is 12.1. The van der Waals surface area contributed by atoms with Gasteiger partial charge >= 0.3 is 6.09 Å². The van der Waals surface area contributed by atoms with Gasteiger partial charge in [-0.25, -0.2) is 4.79 Å². The lowest BCUT2D eigenvalue weighted by molar-refractivity contribution is -0.136. The predicted molar refractivity (Wildman–Crippen MR) is 151 cm³/mol. The normalized spacial score (nSPS) is 22.8. The van der Waals surface area contributed by atoms with Crippen molar-refractivity contribution in [1.29, 1.82) is 0 Å². The molecule has 1 unspecified atom stereocenters. The Bertz CT molecular complexity index is 1190.